The van der Waals surface area contributed by atoms with E-state index in [0.29, 0.717) is 0 Å². The van der Waals surface area contributed by atoms with Crippen molar-refractivity contribution < 1.29 is 22.0 Å². The second-order valence-electron chi connectivity index (χ2n) is 8.15. The van der Waals surface area contributed by atoms with Crippen LogP contribution in [0.2, 0.25) is 0 Å². The van der Waals surface area contributed by atoms with Crippen molar-refractivity contribution in [3.8, 4) is 0 Å². The summed E-state index contributed by atoms with van der Waals surface area (Å²) in [6.07, 6.45) is 0. The molecule has 31 heavy (non-hydrogen) atoms. The van der Waals surface area contributed by atoms with Crippen LogP contribution >= 0.6 is 0 Å². The number of rotatable bonds is 4. The van der Waals surface area contributed by atoms with Gasteiger partial charge >= 0.3 is 14.4 Å². The molecule has 1 nitrogen and oxygen atoms in total. The van der Waals surface area contributed by atoms with E-state index in [1.165, 1.54) is 0 Å². The summed E-state index contributed by atoms with van der Waals surface area (Å²) < 4.78 is 75.0. The third-order valence-electron chi connectivity index (χ3n) is 5.55. The van der Waals surface area contributed by atoms with Gasteiger partial charge in [-0.1, -0.05) is 66.5 Å². The van der Waals surface area contributed by atoms with E-state index in [2.05, 4.69) is 4.30 Å². The zero-order chi connectivity index (χ0) is 23.2. The minimum absolute atomic E-state index is 0.865. The maximum absolute atomic E-state index is 14.6. The Morgan fingerprint density at radius 2 is 0.806 bits per heavy atom. The van der Waals surface area contributed by atoms with Gasteiger partial charge in [-0.25, -0.2) is 22.0 Å². The van der Waals surface area contributed by atoms with Gasteiger partial charge in [0.2, 0.25) is 5.82 Å². The minimum atomic E-state index is -2.67. The van der Waals surface area contributed by atoms with Crippen LogP contribution in [0.1, 0.15) is 33.4 Å². The lowest BCUT2D eigenvalue weighted by Gasteiger charge is -2.24. The van der Waals surface area contributed by atoms with Gasteiger partial charge < -0.3 is 4.30 Å². The van der Waals surface area contributed by atoms with Gasteiger partial charge in [0.25, 0.3) is 0 Å². The van der Waals surface area contributed by atoms with Crippen molar-refractivity contribution in [2.24, 2.45) is 0 Å². The van der Waals surface area contributed by atoms with Gasteiger partial charge in [-0.05, 0) is 41.5 Å². The van der Waals surface area contributed by atoms with Gasteiger partial charge in [0.15, 0.2) is 23.3 Å². The normalized spacial score (nSPS) is 11.1. The van der Waals surface area contributed by atoms with Gasteiger partial charge in [-0.2, -0.15) is 0 Å². The fraction of sp³-hybridized carbons (Fsp3) is 0.250. The molecule has 0 saturated heterocycles. The van der Waals surface area contributed by atoms with Crippen molar-refractivity contribution in [3.63, 3.8) is 0 Å². The molecule has 0 aliphatic carbocycles. The number of hydrogen-bond donors (Lipinski definition) is 1. The molecule has 0 bridgehead atoms. The molecule has 3 rings (SSSR count). The molecule has 0 atom stereocenters. The lowest BCUT2D eigenvalue weighted by Crippen LogP contribution is -2.53. The average Bonchev–Trinajstić information content (AvgIpc) is 2.66. The van der Waals surface area contributed by atoms with Gasteiger partial charge in [0, 0.05) is 0 Å². The first kappa shape index (κ1) is 23.3. The number of anilines is 1. The summed E-state index contributed by atoms with van der Waals surface area (Å²) in [7, 11) is 0. The Kier molecular flexibility index (Phi) is 6.50. The number of hydrogen-bond acceptors (Lipinski definition) is 1. The molecule has 0 aromatic heterocycles. The zero-order valence-corrected chi connectivity index (χ0v) is 19.4. The molecule has 0 radical (unpaired) electrons. The zero-order valence-electron chi connectivity index (χ0n) is 18.3. The van der Waals surface area contributed by atoms with Crippen molar-refractivity contribution >= 4 is 28.9 Å². The lowest BCUT2D eigenvalue weighted by atomic mass is 10.1. The molecule has 0 saturated carbocycles. The van der Waals surface area contributed by atoms with Crippen LogP contribution < -0.4 is 13.2 Å². The molecule has 0 unspecified atom stereocenters. The standard InChI is InChI=1S/2C9H11.C6HF5N.Al/c2*1-7-4-8(2)6-9(3)5-7;7-1-2(8)4(10)6(12)5(11)3(1)9;/h2*4-5H,1-3H3;12H;/q;;-1;+1. The second kappa shape index (κ2) is 8.64. The van der Waals surface area contributed by atoms with Gasteiger partial charge in [-0.3, -0.25) is 0 Å². The van der Waals surface area contributed by atoms with Gasteiger partial charge in [0.1, 0.15) is 0 Å². The van der Waals surface area contributed by atoms with E-state index in [9.17, 15) is 22.0 Å². The first-order valence-electron chi connectivity index (χ1n) is 9.87. The van der Waals surface area contributed by atoms with Crippen LogP contribution in [-0.4, -0.2) is 14.4 Å². The quantitative estimate of drug-likeness (QED) is 0.243. The highest BCUT2D eigenvalue weighted by Crippen LogP contribution is 2.28. The maximum Gasteiger partial charge on any atom is 0.495 e. The first-order valence-corrected chi connectivity index (χ1v) is 11.6. The molecule has 0 aliphatic rings. The number of nitrogens with one attached hydrogen (secondary N) is 1. The highest BCUT2D eigenvalue weighted by Gasteiger charge is 2.35. The summed E-state index contributed by atoms with van der Waals surface area (Å²) in [6, 6.07) is 7.84. The fourth-order valence-corrected chi connectivity index (χ4v) is 7.73. The monoisotopic (exact) mass is 447 g/mol. The summed E-state index contributed by atoms with van der Waals surface area (Å²) in [5, 5.41) is 0. The lowest BCUT2D eigenvalue weighted by molar-refractivity contribution is 0.382. The molecule has 3 aromatic rings. The van der Waals surface area contributed by atoms with Gasteiger partial charge in [0.05, 0.1) is 5.69 Å². The summed E-state index contributed by atoms with van der Waals surface area (Å²) in [4.78, 5) is 0. The molecule has 3 aromatic carbocycles. The Morgan fingerprint density at radius 3 is 1.13 bits per heavy atom. The van der Waals surface area contributed by atoms with E-state index in [0.717, 1.165) is 42.2 Å². The Balaban J connectivity index is 2.33. The van der Waals surface area contributed by atoms with E-state index in [-0.39, 0.29) is 0 Å². The van der Waals surface area contributed by atoms with Crippen LogP contribution in [0.5, 0.6) is 0 Å². The summed E-state index contributed by atoms with van der Waals surface area (Å²) in [5.74, 6) is -9.77. The highest BCUT2D eigenvalue weighted by molar-refractivity contribution is 6.88. The van der Waals surface area contributed by atoms with E-state index in [1.807, 2.05) is 65.8 Å². The molecule has 0 fully saturated rings. The second-order valence-corrected chi connectivity index (χ2v) is 10.5. The molecule has 7 heteroatoms. The van der Waals surface area contributed by atoms with Crippen molar-refractivity contribution in [1.29, 1.82) is 0 Å². The average molecular weight is 447 g/mol. The van der Waals surface area contributed by atoms with E-state index < -0.39 is 49.1 Å². The third kappa shape index (κ3) is 4.22. The molecule has 0 amide bonds. The maximum atomic E-state index is 14.6. The summed E-state index contributed by atoms with van der Waals surface area (Å²) in [6.45, 7) is 11.5. The van der Waals surface area contributed by atoms with Crippen molar-refractivity contribution in [3.05, 3.63) is 86.7 Å². The topological polar surface area (TPSA) is 12.0 Å². The third-order valence-corrected chi connectivity index (χ3v) is 9.11. The van der Waals surface area contributed by atoms with Crippen LogP contribution in [0.4, 0.5) is 27.6 Å². The predicted molar refractivity (Wildman–Crippen MR) is 116 cm³/mol. The summed E-state index contributed by atoms with van der Waals surface area (Å²) >= 11 is -2.67. The predicted octanol–water partition coefficient (Wildman–Crippen LogP) is 5.45. The highest BCUT2D eigenvalue weighted by atomic mass is 27.2. The van der Waals surface area contributed by atoms with Crippen molar-refractivity contribution in [2.45, 2.75) is 41.5 Å². The van der Waals surface area contributed by atoms with Crippen LogP contribution in [0, 0.1) is 70.6 Å². The Labute approximate surface area is 183 Å². The number of aryl methyl sites for hydroxylation is 6. The minimum Gasteiger partial charge on any atom is -0.464 e. The van der Waals surface area contributed by atoms with E-state index in [1.54, 1.807) is 0 Å². The summed E-state index contributed by atoms with van der Waals surface area (Å²) in [5.41, 5.74) is 4.71. The van der Waals surface area contributed by atoms with Crippen LogP contribution in [0.25, 0.3) is 0 Å². The van der Waals surface area contributed by atoms with E-state index >= 15 is 0 Å². The fourth-order valence-electron chi connectivity index (χ4n) is 4.46. The molecular formula is C24H23AlF5N. The smallest absolute Gasteiger partial charge is 0.464 e. The molecule has 162 valence electrons. The van der Waals surface area contributed by atoms with E-state index in [4.69, 9.17) is 0 Å². The van der Waals surface area contributed by atoms with Crippen LogP contribution in [-0.2, 0) is 0 Å². The molecule has 0 heterocycles. The van der Waals surface area contributed by atoms with Gasteiger partial charge in [-0.15, -0.1) is 0 Å². The van der Waals surface area contributed by atoms with Crippen LogP contribution in [0.3, 0.4) is 0 Å². The Hall–Kier alpha value is -2.36. The van der Waals surface area contributed by atoms with Crippen molar-refractivity contribution in [1.82, 2.24) is 0 Å². The SMILES string of the molecule is Cc1cc(C)[c]([Al]([NH]c2c(F)c(F)c(F)c(F)c2F)[c]2c(C)cc(C)cc2C)c(C)c1. The molecule has 0 spiro atoms. The molecular weight excluding hydrogens is 424 g/mol. The first-order chi connectivity index (χ1) is 14.4. The number of benzene rings is 3. The Bertz CT molecular complexity index is 1060. The molecule has 1 N–H and O–H groups in total. The largest absolute Gasteiger partial charge is 0.495 e. The Morgan fingerprint density at radius 1 is 0.516 bits per heavy atom. The van der Waals surface area contributed by atoms with Crippen LogP contribution in [0.15, 0.2) is 24.3 Å². The molecule has 0 aliphatic heterocycles. The van der Waals surface area contributed by atoms with Crippen molar-refractivity contribution in [2.75, 3.05) is 4.30 Å². The number of halogens is 5.